The van der Waals surface area contributed by atoms with Crippen LogP contribution in [0.25, 0.3) is 0 Å². The summed E-state index contributed by atoms with van der Waals surface area (Å²) in [4.78, 5) is 4.30. The van der Waals surface area contributed by atoms with Gasteiger partial charge in [0.2, 0.25) is 0 Å². The molecule has 0 aromatic rings. The molecule has 0 bridgehead atoms. The fourth-order valence-corrected chi connectivity index (χ4v) is 3.73. The minimum absolute atomic E-state index is 0.358. The van der Waals surface area contributed by atoms with E-state index in [2.05, 4.69) is 56.8 Å². The molecule has 0 amide bonds. The molecule has 100 valence electrons. The van der Waals surface area contributed by atoms with Gasteiger partial charge in [0.1, 0.15) is 0 Å². The second-order valence-electron chi connectivity index (χ2n) is 6.21. The van der Waals surface area contributed by atoms with Gasteiger partial charge in [0.05, 0.1) is 6.04 Å². The Morgan fingerprint density at radius 3 is 2.68 bits per heavy atom. The van der Waals surface area contributed by atoms with E-state index in [0.29, 0.717) is 23.8 Å². The molecule has 4 unspecified atom stereocenters. The van der Waals surface area contributed by atoms with E-state index in [1.54, 1.807) is 16.7 Å². The summed E-state index contributed by atoms with van der Waals surface area (Å²) in [6.07, 6.45) is 11.5. The first-order chi connectivity index (χ1) is 9.13. The van der Waals surface area contributed by atoms with Crippen molar-refractivity contribution in [3.63, 3.8) is 0 Å². The summed E-state index contributed by atoms with van der Waals surface area (Å²) >= 11 is 0. The highest BCUT2D eigenvalue weighted by Gasteiger charge is 2.35. The van der Waals surface area contributed by atoms with Crippen LogP contribution < -0.4 is 0 Å². The van der Waals surface area contributed by atoms with Crippen LogP contribution in [0.1, 0.15) is 33.6 Å². The van der Waals surface area contributed by atoms with E-state index in [0.717, 1.165) is 12.8 Å². The zero-order chi connectivity index (χ0) is 13.6. The maximum Gasteiger partial charge on any atom is 0.0567 e. The molecular formula is C18H23N. The van der Waals surface area contributed by atoms with Crippen molar-refractivity contribution in [1.82, 2.24) is 0 Å². The Labute approximate surface area is 116 Å². The number of nitrogens with zero attached hydrogens (tertiary/aromatic N) is 1. The Hall–Kier alpha value is -1.37. The van der Waals surface area contributed by atoms with Gasteiger partial charge in [-0.1, -0.05) is 45.1 Å². The highest BCUT2D eigenvalue weighted by Crippen LogP contribution is 2.48. The van der Waals surface area contributed by atoms with Crippen LogP contribution in [0.2, 0.25) is 0 Å². The molecule has 19 heavy (non-hydrogen) atoms. The molecule has 4 atom stereocenters. The number of hydrogen-bond acceptors (Lipinski definition) is 1. The van der Waals surface area contributed by atoms with Crippen molar-refractivity contribution in [2.75, 3.05) is 0 Å². The molecule has 0 aliphatic heterocycles. The maximum atomic E-state index is 4.30. The van der Waals surface area contributed by atoms with Crippen molar-refractivity contribution < 1.29 is 0 Å². The van der Waals surface area contributed by atoms with Gasteiger partial charge in [0.25, 0.3) is 0 Å². The lowest BCUT2D eigenvalue weighted by Crippen LogP contribution is -2.16. The Morgan fingerprint density at radius 1 is 1.16 bits per heavy atom. The maximum absolute atomic E-state index is 4.30. The molecule has 0 saturated heterocycles. The predicted octanol–water partition coefficient (Wildman–Crippen LogP) is 4.49. The Morgan fingerprint density at radius 2 is 1.95 bits per heavy atom. The summed E-state index contributed by atoms with van der Waals surface area (Å²) < 4.78 is 0. The average molecular weight is 253 g/mol. The van der Waals surface area contributed by atoms with Gasteiger partial charge in [-0.2, -0.15) is 0 Å². The lowest BCUT2D eigenvalue weighted by molar-refractivity contribution is 0.516. The SMILES string of the molecule is C=NC1CC=CC2=C(C1)C1=C(C=CC(C)C1C)C2C. The smallest absolute Gasteiger partial charge is 0.0567 e. The van der Waals surface area contributed by atoms with E-state index in [1.807, 2.05) is 0 Å². The number of hydrogen-bond donors (Lipinski definition) is 0. The van der Waals surface area contributed by atoms with Crippen molar-refractivity contribution in [3.8, 4) is 0 Å². The van der Waals surface area contributed by atoms with Crippen LogP contribution in [0.5, 0.6) is 0 Å². The highest BCUT2D eigenvalue weighted by molar-refractivity contribution is 5.59. The monoisotopic (exact) mass is 253 g/mol. The van der Waals surface area contributed by atoms with Gasteiger partial charge in [-0.3, -0.25) is 4.99 Å². The van der Waals surface area contributed by atoms with E-state index in [9.17, 15) is 0 Å². The second kappa shape index (κ2) is 4.63. The Kier molecular flexibility index (Phi) is 3.08. The van der Waals surface area contributed by atoms with Crippen molar-refractivity contribution in [1.29, 1.82) is 0 Å². The van der Waals surface area contributed by atoms with Crippen LogP contribution in [-0.2, 0) is 0 Å². The first-order valence-electron chi connectivity index (χ1n) is 7.41. The summed E-state index contributed by atoms with van der Waals surface area (Å²) in [5, 5.41) is 0. The molecule has 0 fully saturated rings. The van der Waals surface area contributed by atoms with Gasteiger partial charge in [-0.05, 0) is 53.7 Å². The first-order valence-corrected chi connectivity index (χ1v) is 7.41. The molecule has 0 heterocycles. The summed E-state index contributed by atoms with van der Waals surface area (Å²) in [6, 6.07) is 0.358. The molecule has 0 aromatic carbocycles. The van der Waals surface area contributed by atoms with E-state index in [-0.39, 0.29) is 0 Å². The molecule has 3 aliphatic carbocycles. The number of fused-ring (bicyclic) bond motifs is 1. The van der Waals surface area contributed by atoms with Crippen LogP contribution in [-0.4, -0.2) is 12.8 Å². The Balaban J connectivity index is 2.07. The zero-order valence-electron chi connectivity index (χ0n) is 12.2. The minimum atomic E-state index is 0.358. The first kappa shape index (κ1) is 12.7. The molecule has 0 N–H and O–H groups in total. The number of aliphatic imine (C=N–C) groups is 1. The van der Waals surface area contributed by atoms with Gasteiger partial charge in [0.15, 0.2) is 0 Å². The molecule has 3 rings (SSSR count). The molecule has 3 aliphatic rings. The van der Waals surface area contributed by atoms with Gasteiger partial charge in [-0.15, -0.1) is 0 Å². The predicted molar refractivity (Wildman–Crippen MR) is 82.4 cm³/mol. The van der Waals surface area contributed by atoms with Crippen molar-refractivity contribution in [2.24, 2.45) is 22.7 Å². The number of allylic oxidation sites excluding steroid dienone is 6. The van der Waals surface area contributed by atoms with E-state index < -0.39 is 0 Å². The molecule has 0 aromatic heterocycles. The molecule has 0 radical (unpaired) electrons. The van der Waals surface area contributed by atoms with Crippen molar-refractivity contribution in [2.45, 2.75) is 39.7 Å². The summed E-state index contributed by atoms with van der Waals surface area (Å²) in [7, 11) is 0. The van der Waals surface area contributed by atoms with E-state index in [1.165, 1.54) is 5.57 Å². The third-order valence-electron chi connectivity index (χ3n) is 5.14. The fourth-order valence-electron chi connectivity index (χ4n) is 3.73. The third-order valence-corrected chi connectivity index (χ3v) is 5.14. The summed E-state index contributed by atoms with van der Waals surface area (Å²) in [5.41, 5.74) is 6.25. The van der Waals surface area contributed by atoms with Crippen molar-refractivity contribution >= 4 is 6.72 Å². The molecule has 1 heteroatoms. The van der Waals surface area contributed by atoms with Gasteiger partial charge >= 0.3 is 0 Å². The summed E-state index contributed by atoms with van der Waals surface area (Å²) in [6.45, 7) is 10.8. The van der Waals surface area contributed by atoms with Crippen LogP contribution in [0.4, 0.5) is 0 Å². The summed E-state index contributed by atoms with van der Waals surface area (Å²) in [5.74, 6) is 1.82. The molecule has 0 saturated carbocycles. The largest absolute Gasteiger partial charge is 0.297 e. The lowest BCUT2D eigenvalue weighted by atomic mass is 9.78. The second-order valence-corrected chi connectivity index (χ2v) is 6.21. The van der Waals surface area contributed by atoms with Gasteiger partial charge in [0, 0.05) is 5.92 Å². The topological polar surface area (TPSA) is 12.4 Å². The average Bonchev–Trinajstić information content (AvgIpc) is 2.58. The van der Waals surface area contributed by atoms with Crippen LogP contribution in [0, 0.1) is 17.8 Å². The molecular weight excluding hydrogens is 230 g/mol. The van der Waals surface area contributed by atoms with Gasteiger partial charge in [-0.25, -0.2) is 0 Å². The quantitative estimate of drug-likeness (QED) is 0.610. The number of rotatable bonds is 1. The van der Waals surface area contributed by atoms with E-state index >= 15 is 0 Å². The standard InChI is InChI=1S/C18H23N/c1-11-8-9-16-13(3)15-7-5-6-14(19-4)10-17(15)18(16)12(11)2/h5,7-9,11-14H,4,6,10H2,1-3H3. The van der Waals surface area contributed by atoms with E-state index in [4.69, 9.17) is 0 Å². The van der Waals surface area contributed by atoms with Gasteiger partial charge < -0.3 is 0 Å². The highest BCUT2D eigenvalue weighted by atomic mass is 14.7. The fraction of sp³-hybridized carbons (Fsp3) is 0.500. The van der Waals surface area contributed by atoms with Crippen molar-refractivity contribution in [3.05, 3.63) is 46.6 Å². The normalized spacial score (nSPS) is 37.2. The minimum Gasteiger partial charge on any atom is -0.297 e. The van der Waals surface area contributed by atoms with Crippen LogP contribution in [0.3, 0.4) is 0 Å². The third kappa shape index (κ3) is 1.87. The zero-order valence-corrected chi connectivity index (χ0v) is 12.2. The Bertz CT molecular complexity index is 530. The van der Waals surface area contributed by atoms with Crippen LogP contribution >= 0.6 is 0 Å². The molecule has 1 nitrogen and oxygen atoms in total. The lowest BCUT2D eigenvalue weighted by Gasteiger charge is -2.27. The molecule has 0 spiro atoms. The van der Waals surface area contributed by atoms with Crippen LogP contribution in [0.15, 0.2) is 51.6 Å².